The highest BCUT2D eigenvalue weighted by Crippen LogP contribution is 2.41. The van der Waals surface area contributed by atoms with Crippen molar-refractivity contribution in [2.45, 2.75) is 89.5 Å². The van der Waals surface area contributed by atoms with Crippen molar-refractivity contribution >= 4 is 24.0 Å². The molecular formula is C34H42BFN4O2. The zero-order valence-electron chi connectivity index (χ0n) is 25.3. The van der Waals surface area contributed by atoms with E-state index in [1.807, 2.05) is 12.1 Å². The molecule has 3 saturated heterocycles. The third-order valence-electron chi connectivity index (χ3n) is 10.6. The Morgan fingerprint density at radius 3 is 1.62 bits per heavy atom. The Kier molecular flexibility index (Phi) is 7.05. The molecule has 1 aromatic heterocycles. The molecular weight excluding hydrogens is 526 g/mol. The molecule has 0 spiro atoms. The molecule has 220 valence electrons. The standard InChI is InChI=1S/C18H26BNO2.C16H16FN3/c1-17(2)18(3,4)22-19(21-17)14-6-9-15(10-7-14)20-12-13-5-8-16(20)11-13;17-13-8-18-16(19-9-13)12-2-5-14(6-3-12)20-10-11-1-4-15(20)7-11/h6-7,9-10,13,16H,5,8,11-12H2,1-4H3;2-3,5-6,8-9,11,15H,1,4,7,10H2/t13-,16+;11-,15+/m00/s1. The van der Waals surface area contributed by atoms with Gasteiger partial charge in [0.05, 0.1) is 23.6 Å². The number of halogens is 1. The predicted octanol–water partition coefficient (Wildman–Crippen LogP) is 6.25. The van der Waals surface area contributed by atoms with Gasteiger partial charge < -0.3 is 19.1 Å². The second-order valence-electron chi connectivity index (χ2n) is 13.9. The summed E-state index contributed by atoms with van der Waals surface area (Å²) >= 11 is 0. The summed E-state index contributed by atoms with van der Waals surface area (Å²) in [5.74, 6) is 1.98. The highest BCUT2D eigenvalue weighted by molar-refractivity contribution is 6.62. The van der Waals surface area contributed by atoms with Crippen molar-refractivity contribution in [2.24, 2.45) is 11.8 Å². The summed E-state index contributed by atoms with van der Waals surface area (Å²) in [6, 6.07) is 18.6. The lowest BCUT2D eigenvalue weighted by Gasteiger charge is -2.32. The van der Waals surface area contributed by atoms with Crippen LogP contribution >= 0.6 is 0 Å². The number of aromatic nitrogens is 2. The molecule has 2 aliphatic carbocycles. The number of anilines is 2. The molecule has 2 aromatic carbocycles. The van der Waals surface area contributed by atoms with E-state index in [9.17, 15) is 4.39 Å². The van der Waals surface area contributed by atoms with Gasteiger partial charge in [0.25, 0.3) is 0 Å². The first-order valence-corrected chi connectivity index (χ1v) is 15.7. The first-order chi connectivity index (χ1) is 20.1. The number of piperidine rings is 2. The Morgan fingerprint density at radius 1 is 0.714 bits per heavy atom. The first kappa shape index (κ1) is 27.8. The highest BCUT2D eigenvalue weighted by Gasteiger charge is 2.51. The molecule has 6 nitrogen and oxygen atoms in total. The van der Waals surface area contributed by atoms with E-state index < -0.39 is 5.82 Å². The first-order valence-electron chi connectivity index (χ1n) is 15.7. The molecule has 0 N–H and O–H groups in total. The largest absolute Gasteiger partial charge is 0.494 e. The molecule has 3 aromatic rings. The van der Waals surface area contributed by atoms with Crippen LogP contribution in [0.3, 0.4) is 0 Å². The lowest BCUT2D eigenvalue weighted by molar-refractivity contribution is 0.00578. The van der Waals surface area contributed by atoms with E-state index in [0.29, 0.717) is 5.82 Å². The fraction of sp³-hybridized carbons (Fsp3) is 0.529. The van der Waals surface area contributed by atoms with Crippen LogP contribution in [0.25, 0.3) is 11.4 Å². The number of hydrogen-bond donors (Lipinski definition) is 0. The maximum absolute atomic E-state index is 12.8. The second kappa shape index (κ2) is 10.6. The van der Waals surface area contributed by atoms with Crippen LogP contribution in [0.4, 0.5) is 15.8 Å². The number of benzene rings is 2. The van der Waals surface area contributed by atoms with Gasteiger partial charge in [-0.3, -0.25) is 0 Å². The maximum Gasteiger partial charge on any atom is 0.494 e. The third-order valence-corrected chi connectivity index (χ3v) is 10.6. The molecule has 5 fully saturated rings. The van der Waals surface area contributed by atoms with E-state index in [4.69, 9.17) is 9.31 Å². The van der Waals surface area contributed by atoms with E-state index in [1.54, 1.807) is 0 Å². The molecule has 0 unspecified atom stereocenters. The quantitative estimate of drug-likeness (QED) is 0.347. The number of nitrogens with zero attached hydrogens (tertiary/aromatic N) is 4. The molecule has 4 atom stereocenters. The van der Waals surface area contributed by atoms with E-state index in [0.717, 1.165) is 34.9 Å². The van der Waals surface area contributed by atoms with Crippen LogP contribution in [0.15, 0.2) is 60.9 Å². The molecule has 3 aliphatic heterocycles. The van der Waals surface area contributed by atoms with Gasteiger partial charge >= 0.3 is 7.12 Å². The van der Waals surface area contributed by atoms with Crippen molar-refractivity contribution < 1.29 is 13.7 Å². The normalized spacial score (nSPS) is 28.4. The van der Waals surface area contributed by atoms with Crippen LogP contribution in [0.1, 0.15) is 66.2 Å². The molecule has 2 saturated carbocycles. The molecule has 8 heteroatoms. The lowest BCUT2D eigenvalue weighted by atomic mass is 9.79. The average Bonchev–Trinajstić information content (AvgIpc) is 3.82. The van der Waals surface area contributed by atoms with Gasteiger partial charge in [0.2, 0.25) is 0 Å². The summed E-state index contributed by atoms with van der Waals surface area (Å²) in [6.07, 6.45) is 10.7. The minimum absolute atomic E-state index is 0.255. The van der Waals surface area contributed by atoms with Gasteiger partial charge in [-0.05, 0) is 120 Å². The smallest absolute Gasteiger partial charge is 0.399 e. The number of fused-ring (bicyclic) bond motifs is 4. The number of hydrogen-bond acceptors (Lipinski definition) is 6. The second-order valence-corrected chi connectivity index (χ2v) is 13.9. The topological polar surface area (TPSA) is 50.7 Å². The average molecular weight is 569 g/mol. The van der Waals surface area contributed by atoms with Gasteiger partial charge in [-0.2, -0.15) is 0 Å². The minimum Gasteiger partial charge on any atom is -0.399 e. The Morgan fingerprint density at radius 2 is 1.19 bits per heavy atom. The van der Waals surface area contributed by atoms with Gasteiger partial charge in [0, 0.05) is 42.1 Å². The Balaban J connectivity index is 0.000000138. The fourth-order valence-electron chi connectivity index (χ4n) is 7.55. The molecule has 4 heterocycles. The summed E-state index contributed by atoms with van der Waals surface area (Å²) in [5.41, 5.74) is 4.13. The maximum atomic E-state index is 12.8. The van der Waals surface area contributed by atoms with Crippen LogP contribution in [-0.4, -0.2) is 53.5 Å². The molecule has 4 bridgehead atoms. The van der Waals surface area contributed by atoms with Crippen molar-refractivity contribution in [1.29, 1.82) is 0 Å². The van der Waals surface area contributed by atoms with Crippen LogP contribution in [0.2, 0.25) is 0 Å². The van der Waals surface area contributed by atoms with Crippen molar-refractivity contribution in [3.05, 3.63) is 66.7 Å². The van der Waals surface area contributed by atoms with Gasteiger partial charge in [-0.1, -0.05) is 12.1 Å². The van der Waals surface area contributed by atoms with Crippen LogP contribution in [-0.2, 0) is 9.31 Å². The molecule has 8 rings (SSSR count). The monoisotopic (exact) mass is 568 g/mol. The molecule has 0 radical (unpaired) electrons. The van der Waals surface area contributed by atoms with Crippen LogP contribution < -0.4 is 15.3 Å². The van der Waals surface area contributed by atoms with Crippen LogP contribution in [0.5, 0.6) is 0 Å². The van der Waals surface area contributed by atoms with Gasteiger partial charge in [-0.15, -0.1) is 0 Å². The minimum atomic E-state index is -0.404. The zero-order chi connectivity index (χ0) is 29.1. The number of rotatable bonds is 4. The van der Waals surface area contributed by atoms with Crippen molar-refractivity contribution in [1.82, 2.24) is 9.97 Å². The summed E-state index contributed by atoms with van der Waals surface area (Å²) in [5, 5.41) is 0. The summed E-state index contributed by atoms with van der Waals surface area (Å²) in [7, 11) is -0.255. The summed E-state index contributed by atoms with van der Waals surface area (Å²) in [6.45, 7) is 10.8. The predicted molar refractivity (Wildman–Crippen MR) is 167 cm³/mol. The van der Waals surface area contributed by atoms with E-state index in [2.05, 4.69) is 83.9 Å². The van der Waals surface area contributed by atoms with Crippen molar-refractivity contribution in [2.75, 3.05) is 22.9 Å². The van der Waals surface area contributed by atoms with E-state index in [-0.39, 0.29) is 18.3 Å². The summed E-state index contributed by atoms with van der Waals surface area (Å²) < 4.78 is 25.1. The van der Waals surface area contributed by atoms with Crippen molar-refractivity contribution in [3.63, 3.8) is 0 Å². The highest BCUT2D eigenvalue weighted by atomic mass is 19.1. The molecule has 42 heavy (non-hydrogen) atoms. The molecule has 0 amide bonds. The van der Waals surface area contributed by atoms with Gasteiger partial charge in [-0.25, -0.2) is 14.4 Å². The fourth-order valence-corrected chi connectivity index (χ4v) is 7.55. The van der Waals surface area contributed by atoms with E-state index in [1.165, 1.54) is 75.4 Å². The Labute approximate surface area is 249 Å². The van der Waals surface area contributed by atoms with Gasteiger partial charge in [0.1, 0.15) is 0 Å². The SMILES string of the molecule is CC1(C)OB(c2ccc(N3C[C@H]4CC[C@@H]3C4)cc2)OC1(C)C.Fc1cnc(-c2ccc(N3C[C@H]4CC[C@@H]3C4)cc2)nc1. The van der Waals surface area contributed by atoms with Crippen LogP contribution in [0, 0.1) is 17.7 Å². The Hall–Kier alpha value is -2.97. The zero-order valence-corrected chi connectivity index (χ0v) is 25.3. The third kappa shape index (κ3) is 5.21. The molecule has 5 aliphatic rings. The lowest BCUT2D eigenvalue weighted by Crippen LogP contribution is -2.41. The summed E-state index contributed by atoms with van der Waals surface area (Å²) in [4.78, 5) is 13.1. The van der Waals surface area contributed by atoms with Gasteiger partial charge in [0.15, 0.2) is 11.6 Å². The van der Waals surface area contributed by atoms with E-state index >= 15 is 0 Å². The van der Waals surface area contributed by atoms with Crippen molar-refractivity contribution in [3.8, 4) is 11.4 Å². The Bertz CT molecular complexity index is 1380.